The summed E-state index contributed by atoms with van der Waals surface area (Å²) in [4.78, 5) is 22.8. The number of carbonyl (C=O) groups is 1. The number of halogens is 1. The van der Waals surface area contributed by atoms with Gasteiger partial charge in [0.25, 0.3) is 5.91 Å². The van der Waals surface area contributed by atoms with Gasteiger partial charge in [0, 0.05) is 10.6 Å². The van der Waals surface area contributed by atoms with Gasteiger partial charge in [-0.3, -0.25) is 19.6 Å². The van der Waals surface area contributed by atoms with Gasteiger partial charge in [-0.15, -0.1) is 0 Å². The summed E-state index contributed by atoms with van der Waals surface area (Å²) in [6.45, 7) is 5.02. The molecule has 0 spiro atoms. The van der Waals surface area contributed by atoms with Gasteiger partial charge in [0.15, 0.2) is 0 Å². The number of hydrogen-bond donors (Lipinski definition) is 1. The molecule has 3 rings (SSSR count). The molecule has 1 aromatic heterocycles. The summed E-state index contributed by atoms with van der Waals surface area (Å²) in [5, 5.41) is 19.9. The fourth-order valence-corrected chi connectivity index (χ4v) is 3.25. The number of benzene rings is 2. The summed E-state index contributed by atoms with van der Waals surface area (Å²) in [5.41, 5.74) is 5.23. The Kier molecular flexibility index (Phi) is 7.21. The summed E-state index contributed by atoms with van der Waals surface area (Å²) < 4.78 is 7.05. The number of hydrazone groups is 1. The van der Waals surface area contributed by atoms with Crippen LogP contribution in [-0.2, 0) is 17.9 Å². The number of aryl methyl sites for hydroxylation is 1. The fourth-order valence-electron chi connectivity index (χ4n) is 3.06. The van der Waals surface area contributed by atoms with Gasteiger partial charge in [0.1, 0.15) is 30.3 Å². The summed E-state index contributed by atoms with van der Waals surface area (Å²) >= 11 is 6.13. The third-order valence-corrected chi connectivity index (χ3v) is 5.16. The lowest BCUT2D eigenvalue weighted by atomic mass is 10.1. The maximum atomic E-state index is 12.2. The number of nitrogens with zero attached hydrogens (tertiary/aromatic N) is 4. The highest BCUT2D eigenvalue weighted by molar-refractivity contribution is 6.31. The van der Waals surface area contributed by atoms with Gasteiger partial charge in [-0.2, -0.15) is 10.2 Å². The Hall–Kier alpha value is -3.72. The van der Waals surface area contributed by atoms with Crippen molar-refractivity contribution in [2.75, 3.05) is 0 Å². The van der Waals surface area contributed by atoms with Crippen LogP contribution in [0.2, 0.25) is 5.02 Å². The number of aromatic nitrogens is 2. The van der Waals surface area contributed by atoms with E-state index in [1.807, 2.05) is 48.5 Å². The second-order valence-electron chi connectivity index (χ2n) is 7.07. The number of rotatable bonds is 8. The Morgan fingerprint density at radius 2 is 1.91 bits per heavy atom. The molecule has 0 aliphatic carbocycles. The minimum atomic E-state index is -0.504. The molecule has 0 aliphatic heterocycles. The molecule has 0 unspecified atom stereocenters. The SMILES string of the molecule is CC(=NNC(=O)Cn1nc(C)c([N+](=O)[O-])c1C)c1ccc(OCc2ccccc2Cl)cc1. The molecule has 1 heterocycles. The van der Waals surface area contributed by atoms with Crippen LogP contribution in [0.1, 0.15) is 29.4 Å². The minimum Gasteiger partial charge on any atom is -0.489 e. The zero-order valence-electron chi connectivity index (χ0n) is 17.8. The number of amides is 1. The highest BCUT2D eigenvalue weighted by Gasteiger charge is 2.22. The van der Waals surface area contributed by atoms with Crippen molar-refractivity contribution in [1.82, 2.24) is 15.2 Å². The van der Waals surface area contributed by atoms with Crippen LogP contribution in [-0.4, -0.2) is 26.3 Å². The molecule has 0 saturated carbocycles. The lowest BCUT2D eigenvalue weighted by molar-refractivity contribution is -0.386. The first-order valence-corrected chi connectivity index (χ1v) is 10.1. The van der Waals surface area contributed by atoms with Gasteiger partial charge in [-0.05, 0) is 56.7 Å². The second kappa shape index (κ2) is 10.1. The van der Waals surface area contributed by atoms with E-state index in [4.69, 9.17) is 16.3 Å². The molecule has 1 amide bonds. The molecular weight excluding hydrogens is 434 g/mol. The normalized spacial score (nSPS) is 11.3. The molecule has 2 aromatic carbocycles. The van der Waals surface area contributed by atoms with Crippen molar-refractivity contribution in [1.29, 1.82) is 0 Å². The van der Waals surface area contributed by atoms with Crippen LogP contribution in [0.25, 0.3) is 0 Å². The van der Waals surface area contributed by atoms with E-state index < -0.39 is 10.8 Å². The van der Waals surface area contributed by atoms with Gasteiger partial charge >= 0.3 is 5.69 Å². The molecule has 32 heavy (non-hydrogen) atoms. The maximum absolute atomic E-state index is 12.2. The maximum Gasteiger partial charge on any atom is 0.312 e. The number of nitrogens with one attached hydrogen (secondary N) is 1. The van der Waals surface area contributed by atoms with Crippen molar-refractivity contribution in [3.8, 4) is 5.75 Å². The van der Waals surface area contributed by atoms with Crippen LogP contribution < -0.4 is 10.2 Å². The topological polar surface area (TPSA) is 112 Å². The van der Waals surface area contributed by atoms with Crippen molar-refractivity contribution in [2.45, 2.75) is 33.9 Å². The van der Waals surface area contributed by atoms with Crippen LogP contribution in [0.3, 0.4) is 0 Å². The van der Waals surface area contributed by atoms with Crippen molar-refractivity contribution in [3.63, 3.8) is 0 Å². The third-order valence-electron chi connectivity index (χ3n) is 4.79. The highest BCUT2D eigenvalue weighted by atomic mass is 35.5. The molecule has 10 heteroatoms. The average molecular weight is 456 g/mol. The Labute approximate surface area is 189 Å². The van der Waals surface area contributed by atoms with Crippen LogP contribution in [0.4, 0.5) is 5.69 Å². The fraction of sp³-hybridized carbons (Fsp3) is 0.227. The molecule has 1 N–H and O–H groups in total. The van der Waals surface area contributed by atoms with Gasteiger partial charge < -0.3 is 4.74 Å². The van der Waals surface area contributed by atoms with E-state index in [9.17, 15) is 14.9 Å². The first kappa shape index (κ1) is 23.0. The number of carbonyl (C=O) groups excluding carboxylic acids is 1. The molecule has 9 nitrogen and oxygen atoms in total. The lowest BCUT2D eigenvalue weighted by Crippen LogP contribution is -2.25. The largest absolute Gasteiger partial charge is 0.489 e. The van der Waals surface area contributed by atoms with Gasteiger partial charge in [-0.1, -0.05) is 29.8 Å². The predicted octanol–water partition coefficient (Wildman–Crippen LogP) is 4.18. The molecule has 0 atom stereocenters. The lowest BCUT2D eigenvalue weighted by Gasteiger charge is -2.09. The number of ether oxygens (including phenoxy) is 1. The second-order valence-corrected chi connectivity index (χ2v) is 7.48. The van der Waals surface area contributed by atoms with E-state index in [-0.39, 0.29) is 17.9 Å². The van der Waals surface area contributed by atoms with E-state index in [0.717, 1.165) is 11.1 Å². The zero-order valence-corrected chi connectivity index (χ0v) is 18.6. The van der Waals surface area contributed by atoms with Crippen LogP contribution in [0, 0.1) is 24.0 Å². The van der Waals surface area contributed by atoms with Gasteiger partial charge in [-0.25, -0.2) is 5.43 Å². The molecular formula is C22H22ClN5O4. The highest BCUT2D eigenvalue weighted by Crippen LogP contribution is 2.22. The monoisotopic (exact) mass is 455 g/mol. The average Bonchev–Trinajstić information content (AvgIpc) is 3.04. The Morgan fingerprint density at radius 3 is 2.53 bits per heavy atom. The molecule has 0 bridgehead atoms. The molecule has 0 fully saturated rings. The molecule has 3 aromatic rings. The molecule has 0 radical (unpaired) electrons. The quantitative estimate of drug-likeness (QED) is 0.311. The smallest absolute Gasteiger partial charge is 0.312 e. The van der Waals surface area contributed by atoms with Crippen molar-refractivity contribution in [2.24, 2.45) is 5.10 Å². The summed E-state index contributed by atoms with van der Waals surface area (Å²) in [7, 11) is 0. The molecule has 0 aliphatic rings. The van der Waals surface area contributed by atoms with Crippen molar-refractivity contribution >= 4 is 28.9 Å². The van der Waals surface area contributed by atoms with E-state index in [1.54, 1.807) is 13.8 Å². The molecule has 166 valence electrons. The standard InChI is InChI=1S/C22H22ClN5O4/c1-14(24-25-21(29)12-27-16(3)22(28(30)31)15(2)26-27)17-8-10-19(11-9-17)32-13-18-6-4-5-7-20(18)23/h4-11H,12-13H2,1-3H3,(H,25,29). The van der Waals surface area contributed by atoms with E-state index >= 15 is 0 Å². The van der Waals surface area contributed by atoms with E-state index in [1.165, 1.54) is 11.6 Å². The third kappa shape index (κ3) is 5.50. The Balaban J connectivity index is 1.57. The predicted molar refractivity (Wildman–Crippen MR) is 121 cm³/mol. The Morgan fingerprint density at radius 1 is 1.22 bits per heavy atom. The first-order chi connectivity index (χ1) is 15.3. The molecule has 0 saturated heterocycles. The summed E-state index contributed by atoms with van der Waals surface area (Å²) in [6, 6.07) is 14.8. The van der Waals surface area contributed by atoms with E-state index in [2.05, 4.69) is 15.6 Å². The zero-order chi connectivity index (χ0) is 23.3. The van der Waals surface area contributed by atoms with Crippen molar-refractivity contribution < 1.29 is 14.5 Å². The number of hydrogen-bond acceptors (Lipinski definition) is 6. The van der Waals surface area contributed by atoms with Gasteiger partial charge in [0.05, 0.1) is 10.6 Å². The summed E-state index contributed by atoms with van der Waals surface area (Å²) in [6.07, 6.45) is 0. The minimum absolute atomic E-state index is 0.0886. The first-order valence-electron chi connectivity index (χ1n) is 9.74. The summed E-state index contributed by atoms with van der Waals surface area (Å²) in [5.74, 6) is 0.237. The van der Waals surface area contributed by atoms with Crippen LogP contribution >= 0.6 is 11.6 Å². The van der Waals surface area contributed by atoms with Crippen LogP contribution in [0.15, 0.2) is 53.6 Å². The van der Waals surface area contributed by atoms with Crippen LogP contribution in [0.5, 0.6) is 5.75 Å². The number of nitro groups is 1. The van der Waals surface area contributed by atoms with Crippen molar-refractivity contribution in [3.05, 3.63) is 86.2 Å². The van der Waals surface area contributed by atoms with Gasteiger partial charge in [0.2, 0.25) is 0 Å². The Bertz CT molecular complexity index is 1170. The van der Waals surface area contributed by atoms with E-state index in [0.29, 0.717) is 28.8 Å².